The molecule has 1 saturated heterocycles. The third-order valence-electron chi connectivity index (χ3n) is 3.21. The quantitative estimate of drug-likeness (QED) is 0.790. The Balaban J connectivity index is 2.44. The lowest BCUT2D eigenvalue weighted by Crippen LogP contribution is -2.30. The van der Waals surface area contributed by atoms with Gasteiger partial charge in [-0.25, -0.2) is 9.18 Å². The van der Waals surface area contributed by atoms with E-state index in [2.05, 4.69) is 0 Å². The van der Waals surface area contributed by atoms with E-state index in [-0.39, 0.29) is 12.4 Å². The van der Waals surface area contributed by atoms with Crippen molar-refractivity contribution in [3.05, 3.63) is 29.3 Å². The Bertz CT molecular complexity index is 577. The lowest BCUT2D eigenvalue weighted by molar-refractivity contribution is -0.159. The van der Waals surface area contributed by atoms with Crippen molar-refractivity contribution in [3.8, 4) is 5.75 Å². The highest BCUT2D eigenvalue weighted by Gasteiger charge is 2.47. The first-order valence-electron chi connectivity index (χ1n) is 6.85. The Kier molecular flexibility index (Phi) is 4.97. The van der Waals surface area contributed by atoms with Crippen molar-refractivity contribution in [1.29, 1.82) is 0 Å². The van der Waals surface area contributed by atoms with Crippen LogP contribution in [-0.4, -0.2) is 30.7 Å². The Morgan fingerprint density at radius 1 is 1.41 bits per heavy atom. The zero-order chi connectivity index (χ0) is 16.5. The second-order valence-electron chi connectivity index (χ2n) is 5.21. The van der Waals surface area contributed by atoms with Gasteiger partial charge in [-0.15, -0.1) is 11.8 Å². The first-order valence-corrected chi connectivity index (χ1v) is 7.73. The number of methoxy groups -OCH3 is 1. The van der Waals surface area contributed by atoms with Crippen LogP contribution in [0.3, 0.4) is 0 Å². The van der Waals surface area contributed by atoms with Crippen LogP contribution in [0.15, 0.2) is 12.1 Å². The molecular weight excluding hydrogens is 314 g/mol. The van der Waals surface area contributed by atoms with Crippen LogP contribution in [0.4, 0.5) is 8.78 Å². The molecule has 0 radical (unpaired) electrons. The fourth-order valence-electron chi connectivity index (χ4n) is 2.36. The molecule has 4 nitrogen and oxygen atoms in total. The standard InChI is InChI=1S/C15H18F2O4S/c1-5-20-14(18)12-13(22-15(2,3)21-12)8-6-7-9(16)10(17)11(8)19-4/h6-7,12-13H,5H2,1-4H3/t12-,13+/m1/s1. The Morgan fingerprint density at radius 2 is 2.09 bits per heavy atom. The molecular formula is C15H18F2O4S. The predicted octanol–water partition coefficient (Wildman–Crippen LogP) is 3.45. The summed E-state index contributed by atoms with van der Waals surface area (Å²) in [5.74, 6) is -2.82. The third-order valence-corrected chi connectivity index (χ3v) is 4.63. The van der Waals surface area contributed by atoms with Crippen LogP contribution in [0.5, 0.6) is 5.75 Å². The summed E-state index contributed by atoms with van der Waals surface area (Å²) in [5, 5.41) is -0.543. The SMILES string of the molecule is CCOC(=O)[C@@H]1OC(C)(C)S[C@H]1c1ccc(F)c(F)c1OC. The van der Waals surface area contributed by atoms with Gasteiger partial charge in [0.2, 0.25) is 5.82 Å². The molecule has 0 unspecified atom stereocenters. The van der Waals surface area contributed by atoms with Crippen LogP contribution < -0.4 is 4.74 Å². The molecule has 122 valence electrons. The van der Waals surface area contributed by atoms with Gasteiger partial charge in [0.05, 0.1) is 19.0 Å². The van der Waals surface area contributed by atoms with Crippen molar-refractivity contribution >= 4 is 17.7 Å². The molecule has 1 aliphatic rings. The number of benzene rings is 1. The lowest BCUT2D eigenvalue weighted by Gasteiger charge is -2.19. The zero-order valence-electron chi connectivity index (χ0n) is 12.8. The van der Waals surface area contributed by atoms with Gasteiger partial charge in [-0.3, -0.25) is 0 Å². The van der Waals surface area contributed by atoms with Crippen molar-refractivity contribution in [1.82, 2.24) is 0 Å². The van der Waals surface area contributed by atoms with E-state index in [0.717, 1.165) is 6.07 Å². The largest absolute Gasteiger partial charge is 0.493 e. The van der Waals surface area contributed by atoms with Crippen molar-refractivity contribution < 1.29 is 27.8 Å². The lowest BCUT2D eigenvalue weighted by atomic mass is 10.1. The average Bonchev–Trinajstić information content (AvgIpc) is 2.78. The van der Waals surface area contributed by atoms with Gasteiger partial charge >= 0.3 is 5.97 Å². The fraction of sp³-hybridized carbons (Fsp3) is 0.533. The molecule has 1 heterocycles. The van der Waals surface area contributed by atoms with E-state index in [1.54, 1.807) is 20.8 Å². The van der Waals surface area contributed by atoms with E-state index in [4.69, 9.17) is 14.2 Å². The molecule has 2 atom stereocenters. The van der Waals surface area contributed by atoms with Crippen molar-refractivity contribution in [2.24, 2.45) is 0 Å². The Hall–Kier alpha value is -1.34. The number of hydrogen-bond donors (Lipinski definition) is 0. The molecule has 1 aliphatic heterocycles. The third kappa shape index (κ3) is 3.20. The van der Waals surface area contributed by atoms with E-state index in [1.807, 2.05) is 0 Å². The van der Waals surface area contributed by atoms with E-state index in [9.17, 15) is 13.6 Å². The second-order valence-corrected chi connectivity index (χ2v) is 6.94. The summed E-state index contributed by atoms with van der Waals surface area (Å²) in [5.41, 5.74) is 0.370. The summed E-state index contributed by atoms with van der Waals surface area (Å²) in [6.07, 6.45) is -0.904. The maximum atomic E-state index is 13.9. The van der Waals surface area contributed by atoms with E-state index >= 15 is 0 Å². The van der Waals surface area contributed by atoms with Gasteiger partial charge in [0.1, 0.15) is 4.93 Å². The van der Waals surface area contributed by atoms with Gasteiger partial charge in [0.15, 0.2) is 17.7 Å². The molecule has 0 amide bonds. The highest BCUT2D eigenvalue weighted by molar-refractivity contribution is 8.01. The smallest absolute Gasteiger partial charge is 0.336 e. The minimum atomic E-state index is -1.08. The summed E-state index contributed by atoms with van der Waals surface area (Å²) < 4.78 is 43.0. The summed E-state index contributed by atoms with van der Waals surface area (Å²) in [6.45, 7) is 5.51. The normalized spacial score (nSPS) is 23.4. The molecule has 1 fully saturated rings. The molecule has 0 bridgehead atoms. The van der Waals surface area contributed by atoms with E-state index in [0.29, 0.717) is 5.56 Å². The van der Waals surface area contributed by atoms with Gasteiger partial charge in [0.25, 0.3) is 0 Å². The van der Waals surface area contributed by atoms with Gasteiger partial charge in [-0.1, -0.05) is 6.07 Å². The van der Waals surface area contributed by atoms with Crippen molar-refractivity contribution in [3.63, 3.8) is 0 Å². The van der Waals surface area contributed by atoms with Gasteiger partial charge in [0, 0.05) is 5.56 Å². The maximum Gasteiger partial charge on any atom is 0.336 e. The van der Waals surface area contributed by atoms with E-state index in [1.165, 1.54) is 24.9 Å². The fourth-order valence-corrected chi connectivity index (χ4v) is 3.74. The highest BCUT2D eigenvalue weighted by Crippen LogP contribution is 2.52. The summed E-state index contributed by atoms with van der Waals surface area (Å²) >= 11 is 1.34. The first-order chi connectivity index (χ1) is 10.3. The molecule has 1 aromatic carbocycles. The van der Waals surface area contributed by atoms with Crippen LogP contribution in [0.25, 0.3) is 0 Å². The monoisotopic (exact) mass is 332 g/mol. The molecule has 0 aromatic heterocycles. The molecule has 0 N–H and O–H groups in total. The minimum absolute atomic E-state index is 0.214. The number of halogens is 2. The second kappa shape index (κ2) is 6.42. The van der Waals surface area contributed by atoms with Gasteiger partial charge in [-0.05, 0) is 26.8 Å². The van der Waals surface area contributed by atoms with Crippen LogP contribution in [0.2, 0.25) is 0 Å². The number of hydrogen-bond acceptors (Lipinski definition) is 5. The molecule has 0 spiro atoms. The number of ether oxygens (including phenoxy) is 3. The average molecular weight is 332 g/mol. The van der Waals surface area contributed by atoms with Crippen LogP contribution in [0, 0.1) is 11.6 Å². The van der Waals surface area contributed by atoms with Gasteiger partial charge in [-0.2, -0.15) is 4.39 Å². The number of carbonyl (C=O) groups is 1. The van der Waals surface area contributed by atoms with Crippen molar-refractivity contribution in [2.75, 3.05) is 13.7 Å². The topological polar surface area (TPSA) is 44.8 Å². The summed E-state index contributed by atoms with van der Waals surface area (Å²) in [6, 6.07) is 2.42. The molecule has 2 rings (SSSR count). The molecule has 0 aliphatic carbocycles. The van der Waals surface area contributed by atoms with Crippen LogP contribution in [0.1, 0.15) is 31.6 Å². The first kappa shape index (κ1) is 17.0. The number of rotatable bonds is 4. The van der Waals surface area contributed by atoms with Crippen LogP contribution in [-0.2, 0) is 14.3 Å². The van der Waals surface area contributed by atoms with E-state index < -0.39 is 33.9 Å². The number of carbonyl (C=O) groups excluding carboxylic acids is 1. The summed E-state index contributed by atoms with van der Waals surface area (Å²) in [7, 11) is 1.26. The predicted molar refractivity (Wildman–Crippen MR) is 78.8 cm³/mol. The Labute approximate surface area is 132 Å². The van der Waals surface area contributed by atoms with Crippen LogP contribution >= 0.6 is 11.8 Å². The minimum Gasteiger partial charge on any atom is -0.493 e. The molecule has 0 saturated carbocycles. The zero-order valence-corrected chi connectivity index (χ0v) is 13.6. The molecule has 1 aromatic rings. The Morgan fingerprint density at radius 3 is 2.68 bits per heavy atom. The number of esters is 1. The number of thioether (sulfide) groups is 1. The highest BCUT2D eigenvalue weighted by atomic mass is 32.2. The maximum absolute atomic E-state index is 13.9. The van der Waals surface area contributed by atoms with Crippen molar-refractivity contribution in [2.45, 2.75) is 37.1 Å². The summed E-state index contributed by atoms with van der Waals surface area (Å²) in [4.78, 5) is 11.4. The molecule has 22 heavy (non-hydrogen) atoms. The van der Waals surface area contributed by atoms with Gasteiger partial charge < -0.3 is 14.2 Å². The molecule has 7 heteroatoms.